The fourth-order valence-corrected chi connectivity index (χ4v) is 8.54. The van der Waals surface area contributed by atoms with E-state index in [2.05, 4.69) is 165 Å². The lowest BCUT2D eigenvalue weighted by molar-refractivity contribution is -0.135. The molecular formula is C49H40B4O8. The summed E-state index contributed by atoms with van der Waals surface area (Å²) in [7, 11) is 0.261. The largest absolute Gasteiger partial charge is 0.355 e. The molecule has 0 aromatic heterocycles. The summed E-state index contributed by atoms with van der Waals surface area (Å²) in [6.45, 7) is 0. The fraction of sp³-hybridized carbons (Fsp3) is 0.0204. The molecule has 0 saturated carbocycles. The van der Waals surface area contributed by atoms with Crippen LogP contribution in [0.1, 0.15) is 22.3 Å². The Bertz CT molecular complexity index is 2320. The van der Waals surface area contributed by atoms with Gasteiger partial charge in [-0.05, 0) is 88.6 Å². The lowest BCUT2D eigenvalue weighted by Crippen LogP contribution is -2.34. The number of benzene rings is 8. The van der Waals surface area contributed by atoms with Gasteiger partial charge >= 0.3 is 29.9 Å². The normalized spacial score (nSPS) is 11.2. The van der Waals surface area contributed by atoms with Gasteiger partial charge in [0.15, 0.2) is 0 Å². The molecule has 0 saturated heterocycles. The summed E-state index contributed by atoms with van der Waals surface area (Å²) in [5.74, 6) is 0. The SMILES string of the molecule is OOBc1ccc(-c2ccccc2C(c2ccccc2-c2ccc(BOO)cc2)(c2ccccc2-c2ccc(BOO)cc2)c2ccccc2-c2ccc(BOO)cc2)cc1. The second kappa shape index (κ2) is 19.4. The maximum absolute atomic E-state index is 9.27. The molecule has 8 aromatic rings. The molecule has 0 heterocycles. The summed E-state index contributed by atoms with van der Waals surface area (Å²) in [5, 5.41) is 37.1. The molecule has 296 valence electrons. The van der Waals surface area contributed by atoms with E-state index in [0.29, 0.717) is 0 Å². The zero-order valence-electron chi connectivity index (χ0n) is 33.2. The Morgan fingerprint density at radius 3 is 0.656 bits per heavy atom. The highest BCUT2D eigenvalue weighted by Gasteiger charge is 2.44. The van der Waals surface area contributed by atoms with Gasteiger partial charge in [-0.15, -0.1) is 0 Å². The molecule has 8 nitrogen and oxygen atoms in total. The molecule has 0 aliphatic carbocycles. The van der Waals surface area contributed by atoms with Crippen LogP contribution < -0.4 is 21.9 Å². The first-order chi connectivity index (χ1) is 30.1. The van der Waals surface area contributed by atoms with Crippen molar-refractivity contribution in [3.63, 3.8) is 0 Å². The fourth-order valence-electron chi connectivity index (χ4n) is 8.54. The van der Waals surface area contributed by atoms with Crippen molar-refractivity contribution in [2.24, 2.45) is 0 Å². The van der Waals surface area contributed by atoms with Gasteiger partial charge in [-0.3, -0.25) is 21.0 Å². The number of hydrogen-bond donors (Lipinski definition) is 4. The van der Waals surface area contributed by atoms with E-state index < -0.39 is 5.41 Å². The lowest BCUT2D eigenvalue weighted by Gasteiger charge is -2.42. The highest BCUT2D eigenvalue weighted by molar-refractivity contribution is 6.47. The minimum Gasteiger partial charge on any atom is -0.306 e. The van der Waals surface area contributed by atoms with E-state index in [1.54, 1.807) is 0 Å². The summed E-state index contributed by atoms with van der Waals surface area (Å²) in [5.41, 5.74) is 14.3. The van der Waals surface area contributed by atoms with E-state index in [9.17, 15) is 21.0 Å². The van der Waals surface area contributed by atoms with Crippen LogP contribution in [0.3, 0.4) is 0 Å². The third kappa shape index (κ3) is 8.53. The first-order valence-electron chi connectivity index (χ1n) is 19.9. The van der Waals surface area contributed by atoms with Crippen molar-refractivity contribution >= 4 is 51.8 Å². The summed E-state index contributed by atoms with van der Waals surface area (Å²) >= 11 is 0. The van der Waals surface area contributed by atoms with Crippen LogP contribution in [-0.2, 0) is 24.6 Å². The van der Waals surface area contributed by atoms with Crippen molar-refractivity contribution in [1.29, 1.82) is 0 Å². The van der Waals surface area contributed by atoms with Crippen molar-refractivity contribution in [2.75, 3.05) is 0 Å². The van der Waals surface area contributed by atoms with E-state index in [4.69, 9.17) is 0 Å². The predicted octanol–water partition coefficient (Wildman–Crippen LogP) is 6.60. The van der Waals surface area contributed by atoms with Crippen LogP contribution in [0.5, 0.6) is 0 Å². The molecule has 4 N–H and O–H groups in total. The van der Waals surface area contributed by atoms with E-state index in [1.807, 2.05) is 48.5 Å². The van der Waals surface area contributed by atoms with Gasteiger partial charge in [-0.1, -0.05) is 194 Å². The van der Waals surface area contributed by atoms with Crippen LogP contribution in [0.2, 0.25) is 0 Å². The molecule has 0 amide bonds. The zero-order valence-corrected chi connectivity index (χ0v) is 33.2. The molecule has 0 unspecified atom stereocenters. The van der Waals surface area contributed by atoms with E-state index in [0.717, 1.165) is 88.6 Å². The lowest BCUT2D eigenvalue weighted by atomic mass is 9.59. The third-order valence-electron chi connectivity index (χ3n) is 11.3. The van der Waals surface area contributed by atoms with Crippen LogP contribution in [0.15, 0.2) is 194 Å². The van der Waals surface area contributed by atoms with Gasteiger partial charge in [0.1, 0.15) is 0 Å². The summed E-state index contributed by atoms with van der Waals surface area (Å²) in [4.78, 5) is 18.0. The Morgan fingerprint density at radius 1 is 0.262 bits per heavy atom. The molecular weight excluding hydrogens is 760 g/mol. The Hall–Kier alpha value is -6.30. The molecule has 0 aliphatic heterocycles. The monoisotopic (exact) mass is 800 g/mol. The average molecular weight is 800 g/mol. The van der Waals surface area contributed by atoms with E-state index in [-0.39, 0.29) is 29.9 Å². The molecule has 61 heavy (non-hydrogen) atoms. The Balaban J connectivity index is 1.54. The predicted molar refractivity (Wildman–Crippen MR) is 248 cm³/mol. The van der Waals surface area contributed by atoms with Gasteiger partial charge in [0.2, 0.25) is 0 Å². The summed E-state index contributed by atoms with van der Waals surface area (Å²) in [6, 6.07) is 66.3. The van der Waals surface area contributed by atoms with Gasteiger partial charge in [-0.2, -0.15) is 0 Å². The summed E-state index contributed by atoms with van der Waals surface area (Å²) < 4.78 is 0. The second-order valence-corrected chi connectivity index (χ2v) is 14.8. The minimum atomic E-state index is -1.04. The van der Waals surface area contributed by atoms with Gasteiger partial charge in [0.05, 0.1) is 5.41 Å². The van der Waals surface area contributed by atoms with Crippen LogP contribution in [-0.4, -0.2) is 51.0 Å². The van der Waals surface area contributed by atoms with Crippen LogP contribution in [0, 0.1) is 0 Å². The number of rotatable bonds is 16. The minimum absolute atomic E-state index is 0.0651. The maximum Gasteiger partial charge on any atom is 0.355 e. The molecule has 0 atom stereocenters. The summed E-state index contributed by atoms with van der Waals surface area (Å²) in [6.07, 6.45) is 0. The molecule has 8 aromatic carbocycles. The van der Waals surface area contributed by atoms with Crippen LogP contribution in [0.4, 0.5) is 0 Å². The average Bonchev–Trinajstić information content (AvgIpc) is 3.32. The van der Waals surface area contributed by atoms with Gasteiger partial charge in [-0.25, -0.2) is 0 Å². The molecule has 12 heteroatoms. The van der Waals surface area contributed by atoms with Crippen molar-refractivity contribution in [3.8, 4) is 44.5 Å². The second-order valence-electron chi connectivity index (χ2n) is 14.8. The smallest absolute Gasteiger partial charge is 0.306 e. The molecule has 0 bridgehead atoms. The quantitative estimate of drug-likeness (QED) is 0.0374. The molecule has 0 aliphatic rings. The molecule has 0 spiro atoms. The molecule has 0 fully saturated rings. The highest BCUT2D eigenvalue weighted by atomic mass is 17.1. The van der Waals surface area contributed by atoms with E-state index in [1.165, 1.54) is 0 Å². The first kappa shape index (κ1) is 41.4. The Morgan fingerprint density at radius 2 is 0.459 bits per heavy atom. The Kier molecular flexibility index (Phi) is 13.2. The zero-order chi connectivity index (χ0) is 42.0. The van der Waals surface area contributed by atoms with Crippen molar-refractivity contribution < 1.29 is 40.2 Å². The first-order valence-corrected chi connectivity index (χ1v) is 19.9. The van der Waals surface area contributed by atoms with Gasteiger partial charge in [0.25, 0.3) is 0 Å². The molecule has 0 radical (unpaired) electrons. The van der Waals surface area contributed by atoms with Crippen molar-refractivity contribution in [2.45, 2.75) is 5.41 Å². The standard InChI is InChI=1S/C49H40B4O8/c54-58-50-37-25-17-33(18-26-37)41-9-1-5-13-45(41)49(46-14-6-2-10-42(46)34-19-27-38(28-20-34)51-59-55,47-15-7-3-11-43(47)35-21-29-39(30-22-35)52-60-56)48-16-8-4-12-44(48)36-23-31-40(32-24-36)53-61-57/h1-32,50-57H. The molecule has 8 rings (SSSR count). The van der Waals surface area contributed by atoms with Crippen molar-refractivity contribution in [1.82, 2.24) is 0 Å². The van der Waals surface area contributed by atoms with Crippen LogP contribution in [0.25, 0.3) is 44.5 Å². The highest BCUT2D eigenvalue weighted by Crippen LogP contribution is 2.55. The topological polar surface area (TPSA) is 118 Å². The maximum atomic E-state index is 9.27. The number of hydrogen-bond acceptors (Lipinski definition) is 8. The van der Waals surface area contributed by atoms with Gasteiger partial charge < -0.3 is 19.2 Å². The van der Waals surface area contributed by atoms with Gasteiger partial charge in [0, 0.05) is 0 Å². The van der Waals surface area contributed by atoms with E-state index >= 15 is 0 Å². The Labute approximate surface area is 357 Å². The van der Waals surface area contributed by atoms with Crippen molar-refractivity contribution in [3.05, 3.63) is 216 Å². The van der Waals surface area contributed by atoms with Crippen LogP contribution >= 0.6 is 0 Å². The third-order valence-corrected chi connectivity index (χ3v) is 11.3.